The Bertz CT molecular complexity index is 195. The third-order valence-electron chi connectivity index (χ3n) is 1.49. The number of nitrogens with zero attached hydrogens (tertiary/aromatic N) is 1. The Morgan fingerprint density at radius 2 is 2.15 bits per heavy atom. The van der Waals surface area contributed by atoms with Gasteiger partial charge in [0.25, 0.3) is 0 Å². The molecule has 0 aromatic rings. The Labute approximate surface area is 80.4 Å². The molecule has 0 aromatic carbocycles. The highest BCUT2D eigenvalue weighted by Crippen LogP contribution is 1.78. The molecule has 0 aliphatic rings. The normalized spacial score (nSPS) is 13.0. The van der Waals surface area contributed by atoms with E-state index in [0.717, 1.165) is 13.1 Å². The summed E-state index contributed by atoms with van der Waals surface area (Å²) in [4.78, 5) is 0. The standard InChI is InChI=1S/C10H19N2O/c1-4-12(3)8-6-10-13-9-5-7-11-2/h5-6,8-11H,4,7H2,1-3H3/q+1/b9-5+,10-6+,12-8-. The van der Waals surface area contributed by atoms with Gasteiger partial charge in [0.15, 0.2) is 6.21 Å². The lowest BCUT2D eigenvalue weighted by Crippen LogP contribution is -2.04. The second-order valence-electron chi connectivity index (χ2n) is 2.62. The lowest BCUT2D eigenvalue weighted by molar-refractivity contribution is -0.487. The molecular weight excluding hydrogens is 164 g/mol. The second-order valence-corrected chi connectivity index (χ2v) is 2.62. The van der Waals surface area contributed by atoms with Crippen LogP contribution in [0, 0.1) is 0 Å². The summed E-state index contributed by atoms with van der Waals surface area (Å²) in [6.45, 7) is 3.92. The zero-order valence-electron chi connectivity index (χ0n) is 8.66. The Morgan fingerprint density at radius 3 is 2.77 bits per heavy atom. The lowest BCUT2D eigenvalue weighted by atomic mass is 10.6. The van der Waals surface area contributed by atoms with Gasteiger partial charge in [0, 0.05) is 12.6 Å². The van der Waals surface area contributed by atoms with Crippen LogP contribution >= 0.6 is 0 Å². The van der Waals surface area contributed by atoms with Crippen LogP contribution in [0.1, 0.15) is 6.92 Å². The molecule has 0 atom stereocenters. The third kappa shape index (κ3) is 8.82. The van der Waals surface area contributed by atoms with Gasteiger partial charge in [-0.05, 0) is 20.0 Å². The van der Waals surface area contributed by atoms with Crippen molar-refractivity contribution in [3.63, 3.8) is 0 Å². The quantitative estimate of drug-likeness (QED) is 0.377. The van der Waals surface area contributed by atoms with Crippen molar-refractivity contribution in [2.75, 3.05) is 27.2 Å². The van der Waals surface area contributed by atoms with E-state index in [1.807, 2.05) is 32.5 Å². The van der Waals surface area contributed by atoms with Crippen LogP contribution in [-0.2, 0) is 4.74 Å². The molecule has 0 unspecified atom stereocenters. The molecule has 0 saturated heterocycles. The molecule has 0 bridgehead atoms. The third-order valence-corrected chi connectivity index (χ3v) is 1.49. The molecule has 74 valence electrons. The average molecular weight is 183 g/mol. The van der Waals surface area contributed by atoms with Crippen LogP contribution in [0.4, 0.5) is 0 Å². The van der Waals surface area contributed by atoms with Gasteiger partial charge in [-0.15, -0.1) is 0 Å². The first-order chi connectivity index (χ1) is 6.31. The number of nitrogens with one attached hydrogen (secondary N) is 1. The highest BCUT2D eigenvalue weighted by molar-refractivity contribution is 5.65. The molecule has 0 spiro atoms. The highest BCUT2D eigenvalue weighted by Gasteiger charge is 1.82. The van der Waals surface area contributed by atoms with Gasteiger partial charge in [0.1, 0.15) is 13.6 Å². The molecule has 3 heteroatoms. The van der Waals surface area contributed by atoms with E-state index in [9.17, 15) is 0 Å². The molecule has 3 nitrogen and oxygen atoms in total. The van der Waals surface area contributed by atoms with E-state index in [4.69, 9.17) is 4.74 Å². The van der Waals surface area contributed by atoms with E-state index in [2.05, 4.69) is 16.8 Å². The SMILES string of the molecule is CC/[N+](C)=C\C=C\O/C=C/CNC. The maximum Gasteiger partial charge on any atom is 0.166 e. The van der Waals surface area contributed by atoms with Crippen LogP contribution < -0.4 is 5.32 Å². The summed E-state index contributed by atoms with van der Waals surface area (Å²) in [6, 6.07) is 0. The first-order valence-corrected chi connectivity index (χ1v) is 4.46. The minimum absolute atomic E-state index is 0.826. The van der Waals surface area contributed by atoms with Gasteiger partial charge in [0.05, 0.1) is 12.5 Å². The summed E-state index contributed by atoms with van der Waals surface area (Å²) in [5.74, 6) is 0. The van der Waals surface area contributed by atoms with Gasteiger partial charge >= 0.3 is 0 Å². The molecule has 0 rings (SSSR count). The van der Waals surface area contributed by atoms with Gasteiger partial charge in [-0.2, -0.15) is 0 Å². The van der Waals surface area contributed by atoms with E-state index >= 15 is 0 Å². The number of ether oxygens (including phenoxy) is 1. The van der Waals surface area contributed by atoms with Crippen LogP contribution in [0.3, 0.4) is 0 Å². The van der Waals surface area contributed by atoms with E-state index < -0.39 is 0 Å². The molecule has 0 aliphatic heterocycles. The first-order valence-electron chi connectivity index (χ1n) is 4.46. The van der Waals surface area contributed by atoms with E-state index in [0.29, 0.717) is 0 Å². The fraction of sp³-hybridized carbons (Fsp3) is 0.500. The molecule has 0 heterocycles. The smallest absolute Gasteiger partial charge is 0.166 e. The molecule has 1 N–H and O–H groups in total. The van der Waals surface area contributed by atoms with E-state index in [1.54, 1.807) is 12.5 Å². The Kier molecular flexibility index (Phi) is 8.25. The van der Waals surface area contributed by atoms with Gasteiger partial charge in [-0.25, -0.2) is 4.58 Å². The second kappa shape index (κ2) is 9.00. The van der Waals surface area contributed by atoms with Crippen LogP contribution in [0.15, 0.2) is 24.7 Å². The summed E-state index contributed by atoms with van der Waals surface area (Å²) in [6.07, 6.45) is 9.05. The monoisotopic (exact) mass is 183 g/mol. The largest absolute Gasteiger partial charge is 0.473 e. The molecule has 0 amide bonds. The fourth-order valence-corrected chi connectivity index (χ4v) is 0.600. The minimum atomic E-state index is 0.826. The zero-order valence-corrected chi connectivity index (χ0v) is 8.66. The van der Waals surface area contributed by atoms with E-state index in [-0.39, 0.29) is 0 Å². The number of allylic oxidation sites excluding steroid dienone is 1. The number of hydrogen-bond acceptors (Lipinski definition) is 2. The van der Waals surface area contributed by atoms with Crippen molar-refractivity contribution in [1.29, 1.82) is 0 Å². The molecule has 0 saturated carbocycles. The van der Waals surface area contributed by atoms with Crippen molar-refractivity contribution < 1.29 is 9.31 Å². The van der Waals surface area contributed by atoms with Gasteiger partial charge in [-0.1, -0.05) is 0 Å². The van der Waals surface area contributed by atoms with Crippen molar-refractivity contribution in [1.82, 2.24) is 5.32 Å². The van der Waals surface area contributed by atoms with Gasteiger partial charge in [0.2, 0.25) is 0 Å². The predicted octanol–water partition coefficient (Wildman–Crippen LogP) is 0.983. The molecular formula is C10H19N2O+. The Morgan fingerprint density at radius 1 is 1.38 bits per heavy atom. The number of likely N-dealkylation sites (N-methyl/N-ethyl adjacent to an activating group) is 1. The number of rotatable bonds is 6. The van der Waals surface area contributed by atoms with E-state index in [1.165, 1.54) is 0 Å². The highest BCUT2D eigenvalue weighted by atomic mass is 16.5. The van der Waals surface area contributed by atoms with Crippen molar-refractivity contribution in [2.45, 2.75) is 6.92 Å². The zero-order chi connectivity index (χ0) is 9.94. The summed E-state index contributed by atoms with van der Waals surface area (Å²) in [5, 5.41) is 2.98. The lowest BCUT2D eigenvalue weighted by Gasteiger charge is -1.89. The maximum atomic E-state index is 5.07. The van der Waals surface area contributed by atoms with Crippen LogP contribution in [0.2, 0.25) is 0 Å². The minimum Gasteiger partial charge on any atom is -0.473 e. The summed E-state index contributed by atoms with van der Waals surface area (Å²) >= 11 is 0. The predicted molar refractivity (Wildman–Crippen MR) is 56.1 cm³/mol. The van der Waals surface area contributed by atoms with Crippen molar-refractivity contribution in [3.05, 3.63) is 24.7 Å². The Hall–Kier alpha value is -1.09. The van der Waals surface area contributed by atoms with Crippen molar-refractivity contribution >= 4 is 6.21 Å². The molecule has 0 fully saturated rings. The van der Waals surface area contributed by atoms with Crippen LogP contribution in [0.5, 0.6) is 0 Å². The first kappa shape index (κ1) is 11.9. The molecule has 0 aromatic heterocycles. The maximum absolute atomic E-state index is 5.07. The Balaban J connectivity index is 3.52. The fourth-order valence-electron chi connectivity index (χ4n) is 0.600. The van der Waals surface area contributed by atoms with Crippen molar-refractivity contribution in [3.8, 4) is 0 Å². The van der Waals surface area contributed by atoms with Crippen LogP contribution in [-0.4, -0.2) is 38.0 Å². The summed E-state index contributed by atoms with van der Waals surface area (Å²) in [7, 11) is 3.91. The average Bonchev–Trinajstić information content (AvgIpc) is 2.16. The van der Waals surface area contributed by atoms with Gasteiger partial charge in [-0.3, -0.25) is 0 Å². The van der Waals surface area contributed by atoms with Crippen molar-refractivity contribution in [2.24, 2.45) is 0 Å². The topological polar surface area (TPSA) is 24.3 Å². The summed E-state index contributed by atoms with van der Waals surface area (Å²) < 4.78 is 7.14. The number of hydrogen-bond donors (Lipinski definition) is 1. The molecule has 13 heavy (non-hydrogen) atoms. The van der Waals surface area contributed by atoms with Gasteiger partial charge < -0.3 is 10.1 Å². The molecule has 0 radical (unpaired) electrons. The summed E-state index contributed by atoms with van der Waals surface area (Å²) in [5.41, 5.74) is 0. The van der Waals surface area contributed by atoms with Crippen LogP contribution in [0.25, 0.3) is 0 Å². The molecule has 0 aliphatic carbocycles.